The number of methoxy groups -OCH3 is 1. The molecule has 2 heterocycles. The molecule has 0 unspecified atom stereocenters. The standard InChI is InChI=1S/C27H25N3O8S/c1-13(2)38-19-11-8-17(12-14(19)3)22(31)20-21(16-6-9-18(10-7-16)30(35)36)29(25(33)23(20)32)27-28-15(4)24(39-27)26(34)37-5/h6-13,21,31H,1-5H3/t21-/m0/s1. The van der Waals surface area contributed by atoms with Crippen molar-refractivity contribution in [2.24, 2.45) is 0 Å². The highest BCUT2D eigenvalue weighted by Gasteiger charge is 2.48. The van der Waals surface area contributed by atoms with Crippen molar-refractivity contribution in [2.75, 3.05) is 12.0 Å². The van der Waals surface area contributed by atoms with E-state index < -0.39 is 34.4 Å². The highest BCUT2D eigenvalue weighted by Crippen LogP contribution is 2.44. The number of hydrogen-bond acceptors (Lipinski definition) is 10. The van der Waals surface area contributed by atoms with Crippen LogP contribution in [0.2, 0.25) is 0 Å². The zero-order chi connectivity index (χ0) is 28.6. The molecule has 0 radical (unpaired) electrons. The average molecular weight is 552 g/mol. The summed E-state index contributed by atoms with van der Waals surface area (Å²) in [6.45, 7) is 7.11. The van der Waals surface area contributed by atoms with Crippen LogP contribution in [-0.2, 0) is 14.3 Å². The normalized spacial score (nSPS) is 16.6. The number of hydrogen-bond donors (Lipinski definition) is 1. The van der Waals surface area contributed by atoms with E-state index in [2.05, 4.69) is 4.98 Å². The SMILES string of the molecule is COC(=O)c1sc(N2C(=O)C(=O)C(=C(O)c3ccc(OC(C)C)c(C)c3)[C@@H]2c2ccc([N+](=O)[O-])cc2)nc1C. The minimum atomic E-state index is -1.17. The number of aliphatic hydroxyl groups excluding tert-OH is 1. The van der Waals surface area contributed by atoms with Gasteiger partial charge in [0.2, 0.25) is 0 Å². The number of Topliss-reactive ketones (excluding diaryl/α,β-unsaturated/α-hetero) is 1. The van der Waals surface area contributed by atoms with Crippen LogP contribution < -0.4 is 9.64 Å². The Labute approximate surface area is 227 Å². The molecule has 0 spiro atoms. The topological polar surface area (TPSA) is 149 Å². The maximum Gasteiger partial charge on any atom is 0.350 e. The van der Waals surface area contributed by atoms with Gasteiger partial charge in [-0.3, -0.25) is 24.6 Å². The Balaban J connectivity index is 1.91. The van der Waals surface area contributed by atoms with E-state index in [4.69, 9.17) is 9.47 Å². The lowest BCUT2D eigenvalue weighted by molar-refractivity contribution is -0.384. The predicted molar refractivity (Wildman–Crippen MR) is 143 cm³/mol. The van der Waals surface area contributed by atoms with Gasteiger partial charge in [0.15, 0.2) is 5.13 Å². The number of aryl methyl sites for hydroxylation is 2. The first-order chi connectivity index (χ1) is 18.4. The molecule has 202 valence electrons. The van der Waals surface area contributed by atoms with Gasteiger partial charge in [-0.05, 0) is 69.2 Å². The average Bonchev–Trinajstić information content (AvgIpc) is 3.40. The summed E-state index contributed by atoms with van der Waals surface area (Å²) in [4.78, 5) is 55.2. The van der Waals surface area contributed by atoms with Crippen LogP contribution in [0, 0.1) is 24.0 Å². The van der Waals surface area contributed by atoms with Crippen molar-refractivity contribution >= 4 is 45.6 Å². The van der Waals surface area contributed by atoms with Gasteiger partial charge in [-0.1, -0.05) is 11.3 Å². The molecule has 3 aromatic rings. The number of ether oxygens (including phenoxy) is 2. The number of esters is 1. The molecule has 1 amide bonds. The van der Waals surface area contributed by atoms with E-state index >= 15 is 0 Å². The molecule has 0 aliphatic carbocycles. The molecular formula is C27H25N3O8S. The molecule has 0 saturated carbocycles. The maximum absolute atomic E-state index is 13.4. The Kier molecular flexibility index (Phi) is 7.50. The molecule has 12 heteroatoms. The van der Waals surface area contributed by atoms with Gasteiger partial charge in [0.1, 0.15) is 16.4 Å². The number of benzene rings is 2. The number of aromatic nitrogens is 1. The van der Waals surface area contributed by atoms with E-state index in [-0.39, 0.29) is 32.9 Å². The number of nitro groups is 1. The maximum atomic E-state index is 13.4. The number of rotatable bonds is 7. The van der Waals surface area contributed by atoms with Crippen molar-refractivity contribution in [3.8, 4) is 5.75 Å². The first-order valence-corrected chi connectivity index (χ1v) is 12.6. The molecule has 1 fully saturated rings. The van der Waals surface area contributed by atoms with Crippen LogP contribution in [0.4, 0.5) is 10.8 Å². The van der Waals surface area contributed by atoms with Crippen LogP contribution in [0.5, 0.6) is 5.75 Å². The third-order valence-corrected chi connectivity index (χ3v) is 7.17. The molecule has 4 rings (SSSR count). The van der Waals surface area contributed by atoms with Crippen LogP contribution in [0.3, 0.4) is 0 Å². The van der Waals surface area contributed by atoms with Crippen LogP contribution in [0.15, 0.2) is 48.0 Å². The zero-order valence-corrected chi connectivity index (χ0v) is 22.6. The fourth-order valence-corrected chi connectivity index (χ4v) is 5.24. The molecule has 1 aliphatic rings. The molecule has 1 N–H and O–H groups in total. The van der Waals surface area contributed by atoms with Gasteiger partial charge >= 0.3 is 11.9 Å². The summed E-state index contributed by atoms with van der Waals surface area (Å²) in [6, 6.07) is 8.99. The lowest BCUT2D eigenvalue weighted by Crippen LogP contribution is -2.29. The summed E-state index contributed by atoms with van der Waals surface area (Å²) in [5.74, 6) is -2.42. The smallest absolute Gasteiger partial charge is 0.350 e. The van der Waals surface area contributed by atoms with Crippen LogP contribution >= 0.6 is 11.3 Å². The lowest BCUT2D eigenvalue weighted by Gasteiger charge is -2.23. The molecular weight excluding hydrogens is 526 g/mol. The van der Waals surface area contributed by atoms with Crippen molar-refractivity contribution in [3.05, 3.63) is 85.4 Å². The van der Waals surface area contributed by atoms with E-state index in [0.717, 1.165) is 16.2 Å². The number of non-ortho nitro benzene ring substituents is 1. The van der Waals surface area contributed by atoms with Gasteiger partial charge in [0.05, 0.1) is 35.4 Å². The molecule has 11 nitrogen and oxygen atoms in total. The van der Waals surface area contributed by atoms with Gasteiger partial charge in [-0.2, -0.15) is 0 Å². The molecule has 0 bridgehead atoms. The van der Waals surface area contributed by atoms with Crippen molar-refractivity contribution in [1.29, 1.82) is 0 Å². The Morgan fingerprint density at radius 3 is 2.38 bits per heavy atom. The van der Waals surface area contributed by atoms with Crippen LogP contribution in [0.1, 0.15) is 51.9 Å². The van der Waals surface area contributed by atoms with Gasteiger partial charge in [0, 0.05) is 17.7 Å². The van der Waals surface area contributed by atoms with E-state index in [1.165, 1.54) is 31.4 Å². The number of nitro benzene ring substituents is 1. The number of amides is 1. The minimum absolute atomic E-state index is 0.0364. The van der Waals surface area contributed by atoms with Crippen molar-refractivity contribution in [3.63, 3.8) is 0 Å². The van der Waals surface area contributed by atoms with E-state index in [1.807, 2.05) is 13.8 Å². The molecule has 1 saturated heterocycles. The fourth-order valence-electron chi connectivity index (χ4n) is 4.23. The van der Waals surface area contributed by atoms with E-state index in [9.17, 15) is 29.6 Å². The Hall–Kier alpha value is -4.58. The number of ketones is 1. The second-order valence-electron chi connectivity index (χ2n) is 9.07. The third kappa shape index (κ3) is 5.10. The second kappa shape index (κ2) is 10.7. The van der Waals surface area contributed by atoms with Gasteiger partial charge in [0.25, 0.3) is 11.5 Å². The van der Waals surface area contributed by atoms with Crippen molar-refractivity contribution in [2.45, 2.75) is 39.8 Å². The summed E-state index contributed by atoms with van der Waals surface area (Å²) >= 11 is 0.860. The lowest BCUT2D eigenvalue weighted by atomic mass is 9.94. The largest absolute Gasteiger partial charge is 0.507 e. The summed E-state index contributed by atoms with van der Waals surface area (Å²) in [6.07, 6.45) is -0.0766. The Morgan fingerprint density at radius 1 is 1.15 bits per heavy atom. The van der Waals surface area contributed by atoms with Crippen molar-refractivity contribution in [1.82, 2.24) is 4.98 Å². The molecule has 39 heavy (non-hydrogen) atoms. The third-order valence-electron chi connectivity index (χ3n) is 6.04. The van der Waals surface area contributed by atoms with Crippen LogP contribution in [0.25, 0.3) is 5.76 Å². The molecule has 1 aliphatic heterocycles. The summed E-state index contributed by atoms with van der Waals surface area (Å²) in [5.41, 5.74) is 1.18. The number of carbonyl (C=O) groups is 3. The summed E-state index contributed by atoms with van der Waals surface area (Å²) in [7, 11) is 1.21. The Morgan fingerprint density at radius 2 is 1.82 bits per heavy atom. The quantitative estimate of drug-likeness (QED) is 0.108. The number of anilines is 1. The highest BCUT2D eigenvalue weighted by atomic mass is 32.1. The Bertz CT molecular complexity index is 1520. The predicted octanol–water partition coefficient (Wildman–Crippen LogP) is 4.87. The summed E-state index contributed by atoms with van der Waals surface area (Å²) in [5, 5.41) is 22.6. The molecule has 1 atom stereocenters. The second-order valence-corrected chi connectivity index (χ2v) is 10.0. The number of thiazole rings is 1. The van der Waals surface area contributed by atoms with Gasteiger partial charge in [-0.25, -0.2) is 9.78 Å². The first kappa shape index (κ1) is 27.5. The number of nitrogens with zero attached hydrogens (tertiary/aromatic N) is 3. The van der Waals surface area contributed by atoms with Gasteiger partial charge in [-0.15, -0.1) is 0 Å². The molecule has 2 aromatic carbocycles. The van der Waals surface area contributed by atoms with E-state index in [0.29, 0.717) is 22.6 Å². The fraction of sp³-hybridized carbons (Fsp3) is 0.259. The van der Waals surface area contributed by atoms with Gasteiger partial charge < -0.3 is 14.6 Å². The highest BCUT2D eigenvalue weighted by molar-refractivity contribution is 7.17. The first-order valence-electron chi connectivity index (χ1n) is 11.8. The van der Waals surface area contributed by atoms with Crippen LogP contribution in [-0.4, -0.2) is 45.9 Å². The number of aliphatic hydroxyl groups is 1. The monoisotopic (exact) mass is 551 g/mol. The zero-order valence-electron chi connectivity index (χ0n) is 21.8. The van der Waals surface area contributed by atoms with Crippen molar-refractivity contribution < 1.29 is 33.9 Å². The summed E-state index contributed by atoms with van der Waals surface area (Å²) < 4.78 is 10.5. The minimum Gasteiger partial charge on any atom is -0.507 e. The molecule has 1 aromatic heterocycles. The van der Waals surface area contributed by atoms with E-state index in [1.54, 1.807) is 32.0 Å². The number of carbonyl (C=O) groups excluding carboxylic acids is 3.